The zero-order valence-corrected chi connectivity index (χ0v) is 15.2. The number of benzene rings is 2. The van der Waals surface area contributed by atoms with Crippen LogP contribution in [0.15, 0.2) is 54.6 Å². The van der Waals surface area contributed by atoms with Crippen molar-refractivity contribution in [2.45, 2.75) is 39.3 Å². The summed E-state index contributed by atoms with van der Waals surface area (Å²) in [6.07, 6.45) is 0.868. The van der Waals surface area contributed by atoms with Gasteiger partial charge in [-0.3, -0.25) is 9.59 Å². The molecule has 2 aromatic carbocycles. The zero-order valence-electron chi connectivity index (χ0n) is 15.2. The Labute approximate surface area is 149 Å². The molecule has 1 atom stereocenters. The Morgan fingerprint density at radius 2 is 1.64 bits per heavy atom. The molecule has 0 bridgehead atoms. The summed E-state index contributed by atoms with van der Waals surface area (Å²) in [7, 11) is 1.61. The number of aryl methyl sites for hydroxylation is 1. The summed E-state index contributed by atoms with van der Waals surface area (Å²) in [4.78, 5) is 26.9. The highest BCUT2D eigenvalue weighted by Crippen LogP contribution is 2.15. The predicted octanol–water partition coefficient (Wildman–Crippen LogP) is 3.09. The largest absolute Gasteiger partial charge is 0.357 e. The molecule has 0 heterocycles. The molecule has 0 saturated carbocycles. The van der Waals surface area contributed by atoms with Crippen LogP contribution in [0.25, 0.3) is 0 Å². The van der Waals surface area contributed by atoms with E-state index >= 15 is 0 Å². The van der Waals surface area contributed by atoms with Crippen molar-refractivity contribution < 1.29 is 9.59 Å². The van der Waals surface area contributed by atoms with Crippen molar-refractivity contribution in [2.24, 2.45) is 0 Å². The van der Waals surface area contributed by atoms with Crippen molar-refractivity contribution in [3.8, 4) is 0 Å². The van der Waals surface area contributed by atoms with Crippen LogP contribution in [0.2, 0.25) is 0 Å². The molecule has 0 aromatic heterocycles. The first-order valence-electron chi connectivity index (χ1n) is 8.65. The lowest BCUT2D eigenvalue weighted by atomic mass is 10.1. The van der Waals surface area contributed by atoms with Gasteiger partial charge in [0.15, 0.2) is 0 Å². The van der Waals surface area contributed by atoms with Gasteiger partial charge in [0.1, 0.15) is 6.04 Å². The number of likely N-dealkylation sites (N-methyl/N-ethyl adjacent to an activating group) is 1. The lowest BCUT2D eigenvalue weighted by molar-refractivity contribution is -0.140. The Kier molecular flexibility index (Phi) is 6.75. The molecule has 0 unspecified atom stereocenters. The predicted molar refractivity (Wildman–Crippen MR) is 100 cm³/mol. The van der Waals surface area contributed by atoms with Crippen LogP contribution in [-0.4, -0.2) is 29.8 Å². The second-order valence-corrected chi connectivity index (χ2v) is 6.21. The maximum atomic E-state index is 13.0. The molecular formula is C21H26N2O2. The van der Waals surface area contributed by atoms with Gasteiger partial charge in [-0.15, -0.1) is 0 Å². The Hall–Kier alpha value is -2.62. The highest BCUT2D eigenvalue weighted by molar-refractivity contribution is 5.88. The van der Waals surface area contributed by atoms with Crippen molar-refractivity contribution in [2.75, 3.05) is 7.05 Å². The normalized spacial score (nSPS) is 11.6. The van der Waals surface area contributed by atoms with Gasteiger partial charge >= 0.3 is 0 Å². The minimum atomic E-state index is -0.469. The average Bonchev–Trinajstić information content (AvgIpc) is 2.64. The molecule has 0 aliphatic heterocycles. The first-order chi connectivity index (χ1) is 12.0. The Morgan fingerprint density at radius 1 is 1.00 bits per heavy atom. The first-order valence-corrected chi connectivity index (χ1v) is 8.65. The summed E-state index contributed by atoms with van der Waals surface area (Å²) < 4.78 is 0. The second kappa shape index (κ2) is 9.02. The van der Waals surface area contributed by atoms with Crippen LogP contribution in [0, 0.1) is 6.92 Å². The topological polar surface area (TPSA) is 49.4 Å². The fourth-order valence-corrected chi connectivity index (χ4v) is 2.85. The van der Waals surface area contributed by atoms with E-state index in [1.807, 2.05) is 68.4 Å². The summed E-state index contributed by atoms with van der Waals surface area (Å²) in [5, 5.41) is 2.68. The standard InChI is InChI=1S/C21H26N2O2/c1-4-19(21(25)22-3)23(15-18-8-6-5-7-9-18)20(24)14-17-12-10-16(2)11-13-17/h5-13,19H,4,14-15H2,1-3H3,(H,22,25)/t19-/m0/s1. The number of carbonyl (C=O) groups excluding carboxylic acids is 2. The van der Waals surface area contributed by atoms with E-state index in [1.54, 1.807) is 11.9 Å². The third kappa shape index (κ3) is 5.18. The van der Waals surface area contributed by atoms with E-state index in [-0.39, 0.29) is 11.8 Å². The monoisotopic (exact) mass is 338 g/mol. The number of hydrogen-bond acceptors (Lipinski definition) is 2. The zero-order chi connectivity index (χ0) is 18.2. The van der Waals surface area contributed by atoms with Crippen LogP contribution < -0.4 is 5.32 Å². The van der Waals surface area contributed by atoms with Crippen LogP contribution in [0.5, 0.6) is 0 Å². The second-order valence-electron chi connectivity index (χ2n) is 6.21. The molecule has 0 fully saturated rings. The van der Waals surface area contributed by atoms with E-state index in [0.29, 0.717) is 19.4 Å². The molecule has 2 amide bonds. The average molecular weight is 338 g/mol. The van der Waals surface area contributed by atoms with Gasteiger partial charge in [0.05, 0.1) is 6.42 Å². The fraction of sp³-hybridized carbons (Fsp3) is 0.333. The lowest BCUT2D eigenvalue weighted by Crippen LogP contribution is -2.48. The van der Waals surface area contributed by atoms with Crippen LogP contribution in [0.4, 0.5) is 0 Å². The van der Waals surface area contributed by atoms with E-state index in [4.69, 9.17) is 0 Å². The summed E-state index contributed by atoms with van der Waals surface area (Å²) in [6.45, 7) is 4.38. The van der Waals surface area contributed by atoms with Gasteiger partial charge in [-0.25, -0.2) is 0 Å². The molecule has 0 saturated heterocycles. The van der Waals surface area contributed by atoms with Crippen LogP contribution in [0.3, 0.4) is 0 Å². The molecule has 0 spiro atoms. The van der Waals surface area contributed by atoms with Crippen LogP contribution in [-0.2, 0) is 22.6 Å². The number of rotatable bonds is 7. The molecule has 0 aliphatic rings. The van der Waals surface area contributed by atoms with Gasteiger partial charge in [-0.1, -0.05) is 67.1 Å². The maximum absolute atomic E-state index is 13.0. The van der Waals surface area contributed by atoms with Crippen molar-refractivity contribution in [1.82, 2.24) is 10.2 Å². The summed E-state index contributed by atoms with van der Waals surface area (Å²) in [6, 6.07) is 17.2. The van der Waals surface area contributed by atoms with Gasteiger partial charge in [-0.05, 0) is 24.5 Å². The minimum absolute atomic E-state index is 0.0387. The van der Waals surface area contributed by atoms with Crippen molar-refractivity contribution >= 4 is 11.8 Å². The van der Waals surface area contributed by atoms with E-state index in [2.05, 4.69) is 5.32 Å². The number of amides is 2. The third-order valence-corrected chi connectivity index (χ3v) is 4.30. The number of carbonyl (C=O) groups is 2. The van der Waals surface area contributed by atoms with Gasteiger partial charge < -0.3 is 10.2 Å². The summed E-state index contributed by atoms with van der Waals surface area (Å²) in [5.74, 6) is -0.168. The minimum Gasteiger partial charge on any atom is -0.357 e. The quantitative estimate of drug-likeness (QED) is 0.843. The van der Waals surface area contributed by atoms with Gasteiger partial charge in [0.25, 0.3) is 0 Å². The summed E-state index contributed by atoms with van der Waals surface area (Å²) >= 11 is 0. The lowest BCUT2D eigenvalue weighted by Gasteiger charge is -2.30. The molecule has 1 N–H and O–H groups in total. The highest BCUT2D eigenvalue weighted by atomic mass is 16.2. The Morgan fingerprint density at radius 3 is 2.20 bits per heavy atom. The van der Waals surface area contributed by atoms with Crippen molar-refractivity contribution in [3.63, 3.8) is 0 Å². The van der Waals surface area contributed by atoms with E-state index in [9.17, 15) is 9.59 Å². The van der Waals surface area contributed by atoms with Gasteiger partial charge in [0.2, 0.25) is 11.8 Å². The molecule has 0 aliphatic carbocycles. The molecule has 25 heavy (non-hydrogen) atoms. The van der Waals surface area contributed by atoms with E-state index < -0.39 is 6.04 Å². The van der Waals surface area contributed by atoms with Crippen molar-refractivity contribution in [1.29, 1.82) is 0 Å². The van der Waals surface area contributed by atoms with Crippen molar-refractivity contribution in [3.05, 3.63) is 71.3 Å². The summed E-state index contributed by atoms with van der Waals surface area (Å²) in [5.41, 5.74) is 3.14. The molecular weight excluding hydrogens is 312 g/mol. The molecule has 0 radical (unpaired) electrons. The Balaban J connectivity index is 2.23. The van der Waals surface area contributed by atoms with Crippen LogP contribution in [0.1, 0.15) is 30.0 Å². The number of hydrogen-bond donors (Lipinski definition) is 1. The van der Waals surface area contributed by atoms with Gasteiger partial charge in [-0.2, -0.15) is 0 Å². The number of nitrogens with zero attached hydrogens (tertiary/aromatic N) is 1. The van der Waals surface area contributed by atoms with Gasteiger partial charge in [0, 0.05) is 13.6 Å². The molecule has 2 rings (SSSR count). The van der Waals surface area contributed by atoms with E-state index in [0.717, 1.165) is 16.7 Å². The SMILES string of the molecule is CC[C@@H](C(=O)NC)N(Cc1ccccc1)C(=O)Cc1ccc(C)cc1. The first kappa shape index (κ1) is 18.7. The molecule has 132 valence electrons. The van der Waals surface area contributed by atoms with Crippen LogP contribution >= 0.6 is 0 Å². The third-order valence-electron chi connectivity index (χ3n) is 4.30. The highest BCUT2D eigenvalue weighted by Gasteiger charge is 2.27. The fourth-order valence-electron chi connectivity index (χ4n) is 2.85. The Bertz CT molecular complexity index is 696. The number of nitrogens with one attached hydrogen (secondary N) is 1. The maximum Gasteiger partial charge on any atom is 0.242 e. The molecule has 2 aromatic rings. The molecule has 4 heteroatoms. The van der Waals surface area contributed by atoms with E-state index in [1.165, 1.54) is 0 Å². The smallest absolute Gasteiger partial charge is 0.242 e. The molecule has 4 nitrogen and oxygen atoms in total.